The smallest absolute Gasteiger partial charge is 0.186 e. The van der Waals surface area contributed by atoms with Gasteiger partial charge in [-0.25, -0.2) is 19.0 Å². The first-order valence-electron chi connectivity index (χ1n) is 15.9. The number of hydrogen-bond acceptors (Lipinski definition) is 13. The number of likely N-dealkylation sites (tertiary alicyclic amines) is 1. The minimum absolute atomic E-state index is 0.0848. The predicted molar refractivity (Wildman–Crippen MR) is 168 cm³/mol. The van der Waals surface area contributed by atoms with E-state index >= 15 is 0 Å². The Morgan fingerprint density at radius 1 is 1.26 bits per heavy atom. The van der Waals surface area contributed by atoms with E-state index in [1.54, 1.807) is 4.68 Å². The summed E-state index contributed by atoms with van der Waals surface area (Å²) in [5.74, 6) is 1.55. The third kappa shape index (κ3) is 4.44. The Bertz CT molecular complexity index is 1880. The fraction of sp³-hybridized carbons (Fsp3) is 0.613. The highest BCUT2D eigenvalue weighted by Gasteiger charge is 2.50. The molecule has 7 heterocycles. The number of thiophene rings is 1. The van der Waals surface area contributed by atoms with Crippen LogP contribution in [0.25, 0.3) is 22.7 Å². The fourth-order valence-corrected chi connectivity index (χ4v) is 9.40. The second-order valence-corrected chi connectivity index (χ2v) is 14.8. The van der Waals surface area contributed by atoms with Gasteiger partial charge in [0.2, 0.25) is 0 Å². The second-order valence-electron chi connectivity index (χ2n) is 13.7. The average molecular weight is 649 g/mol. The lowest BCUT2D eigenvalue weighted by atomic mass is 9.68. The molecule has 15 heteroatoms. The van der Waals surface area contributed by atoms with Gasteiger partial charge in [-0.2, -0.15) is 5.26 Å². The lowest BCUT2D eigenvalue weighted by molar-refractivity contribution is 0.0448. The summed E-state index contributed by atoms with van der Waals surface area (Å²) in [4.78, 5) is 15.2. The van der Waals surface area contributed by atoms with Crippen LogP contribution in [0.15, 0.2) is 4.52 Å². The Morgan fingerprint density at radius 2 is 2.11 bits per heavy atom. The van der Waals surface area contributed by atoms with Crippen LogP contribution >= 0.6 is 11.3 Å². The van der Waals surface area contributed by atoms with Crippen LogP contribution in [0.1, 0.15) is 79.3 Å². The molecule has 2 fully saturated rings. The molecule has 4 aliphatic rings. The molecule has 4 aromatic heterocycles. The number of alkyl halides is 1. The van der Waals surface area contributed by atoms with Crippen LogP contribution in [0.3, 0.4) is 0 Å². The maximum absolute atomic E-state index is 14.4. The van der Waals surface area contributed by atoms with E-state index in [4.69, 9.17) is 25.0 Å². The summed E-state index contributed by atoms with van der Waals surface area (Å²) in [6.45, 7) is 5.87. The molecule has 242 valence electrons. The van der Waals surface area contributed by atoms with Gasteiger partial charge in [0.15, 0.2) is 34.3 Å². The summed E-state index contributed by atoms with van der Waals surface area (Å²) in [5, 5.41) is 35.2. The Balaban J connectivity index is 1.29. The Morgan fingerprint density at radius 3 is 2.87 bits per heavy atom. The van der Waals surface area contributed by atoms with Crippen molar-refractivity contribution in [2.24, 2.45) is 0 Å². The van der Waals surface area contributed by atoms with Gasteiger partial charge in [0.1, 0.15) is 17.2 Å². The summed E-state index contributed by atoms with van der Waals surface area (Å²) in [7, 11) is 1.93. The number of anilines is 2. The van der Waals surface area contributed by atoms with Crippen molar-refractivity contribution in [3.63, 3.8) is 0 Å². The number of ether oxygens (including phenoxy) is 1. The topological polar surface area (TPSA) is 168 Å². The number of rotatable bonds is 4. The second kappa shape index (κ2) is 10.7. The van der Waals surface area contributed by atoms with Crippen molar-refractivity contribution in [2.75, 3.05) is 43.9 Å². The number of nitrogens with two attached hydrogens (primary N) is 1. The van der Waals surface area contributed by atoms with Crippen LogP contribution in [0.2, 0.25) is 0 Å². The quantitative estimate of drug-likeness (QED) is 0.331. The van der Waals surface area contributed by atoms with Crippen molar-refractivity contribution < 1.29 is 18.8 Å². The zero-order valence-corrected chi connectivity index (χ0v) is 27.0. The molecule has 46 heavy (non-hydrogen) atoms. The number of aryl methyl sites for hydroxylation is 1. The van der Waals surface area contributed by atoms with E-state index in [9.17, 15) is 14.8 Å². The molecule has 0 unspecified atom stereocenters. The number of nitrogens with zero attached hydrogens (tertiary/aromatic N) is 9. The number of β-amino-alcohol motifs (C(OH)–C–C–N with tert-alkyl or cyclic N) is 1. The van der Waals surface area contributed by atoms with Crippen LogP contribution in [-0.4, -0.2) is 91.2 Å². The summed E-state index contributed by atoms with van der Waals surface area (Å²) < 4.78 is 28.6. The van der Waals surface area contributed by atoms with Gasteiger partial charge >= 0.3 is 0 Å². The van der Waals surface area contributed by atoms with E-state index in [0.717, 1.165) is 41.7 Å². The third-order valence-electron chi connectivity index (χ3n) is 10.4. The number of fused-ring (bicyclic) bond motifs is 5. The Labute approximate surface area is 269 Å². The van der Waals surface area contributed by atoms with Crippen molar-refractivity contribution in [3.8, 4) is 17.6 Å². The Kier molecular flexibility index (Phi) is 6.88. The molecule has 8 rings (SSSR count). The number of likely N-dealkylation sites (N-methyl/N-ethyl adjacent to an activating group) is 1. The van der Waals surface area contributed by atoms with Gasteiger partial charge in [-0.1, -0.05) is 10.4 Å². The summed E-state index contributed by atoms with van der Waals surface area (Å²) in [6, 6.07) is 2.03. The van der Waals surface area contributed by atoms with Crippen LogP contribution in [-0.2, 0) is 23.2 Å². The first-order chi connectivity index (χ1) is 22.1. The van der Waals surface area contributed by atoms with E-state index in [-0.39, 0.29) is 18.7 Å². The molecule has 1 spiro atoms. The summed E-state index contributed by atoms with van der Waals surface area (Å²) >= 11 is 1.47. The molecule has 0 amide bonds. The maximum Gasteiger partial charge on any atom is 0.186 e. The highest BCUT2D eigenvalue weighted by Crippen LogP contribution is 2.52. The van der Waals surface area contributed by atoms with Gasteiger partial charge in [-0.15, -0.1) is 16.4 Å². The zero-order valence-electron chi connectivity index (χ0n) is 26.2. The minimum atomic E-state index is -0.905. The molecule has 0 saturated carbocycles. The summed E-state index contributed by atoms with van der Waals surface area (Å²) in [6.07, 6.45) is 3.44. The molecular formula is C31H37FN10O3S. The standard InChI is InChI=1S/C31H37FN10O3S/c1-16(20-10-17(32)12-40(20)3)42-29-24(37-39-42)28(41-9-5-7-30(2,43)14-41)35-27(36-29)23-19-13-44-15-31(25(19)45-38-23)8-4-6-21-22(31)18(11-33)26(34)46-21/h16-17,20,43H,4-10,12-15,34H2,1-3H3/t16-,17+,20-,30+,31+/m0/s1. The van der Waals surface area contributed by atoms with Crippen molar-refractivity contribution in [2.45, 2.75) is 88.3 Å². The van der Waals surface area contributed by atoms with Gasteiger partial charge in [-0.05, 0) is 59.4 Å². The van der Waals surface area contributed by atoms with E-state index < -0.39 is 17.2 Å². The van der Waals surface area contributed by atoms with E-state index in [1.807, 2.05) is 30.7 Å². The Hall–Kier alpha value is -3.71. The first kappa shape index (κ1) is 29.7. The van der Waals surface area contributed by atoms with Crippen LogP contribution in [0.5, 0.6) is 0 Å². The third-order valence-corrected chi connectivity index (χ3v) is 11.5. The average Bonchev–Trinajstić information content (AvgIpc) is 3.80. The van der Waals surface area contributed by atoms with E-state index in [2.05, 4.69) is 21.5 Å². The number of halogens is 1. The fourth-order valence-electron chi connectivity index (χ4n) is 8.24. The minimum Gasteiger partial charge on any atom is -0.389 e. The highest BCUT2D eigenvalue weighted by molar-refractivity contribution is 7.16. The lowest BCUT2D eigenvalue weighted by Gasteiger charge is -2.38. The van der Waals surface area contributed by atoms with Gasteiger partial charge in [-0.3, -0.25) is 4.90 Å². The molecule has 2 saturated heterocycles. The largest absolute Gasteiger partial charge is 0.389 e. The molecule has 0 bridgehead atoms. The van der Waals surface area contributed by atoms with Crippen molar-refractivity contribution >= 4 is 33.3 Å². The number of hydrogen-bond donors (Lipinski definition) is 2. The van der Waals surface area contributed by atoms with Crippen molar-refractivity contribution in [1.29, 1.82) is 5.26 Å². The molecule has 0 radical (unpaired) electrons. The zero-order chi connectivity index (χ0) is 32.0. The van der Waals surface area contributed by atoms with Gasteiger partial charge < -0.3 is 25.0 Å². The lowest BCUT2D eigenvalue weighted by Crippen LogP contribution is -2.46. The van der Waals surface area contributed by atoms with Crippen LogP contribution in [0, 0.1) is 11.3 Å². The highest BCUT2D eigenvalue weighted by atomic mass is 32.1. The molecule has 1 aliphatic carbocycles. The number of nitriles is 1. The van der Waals surface area contributed by atoms with Gasteiger partial charge in [0.05, 0.1) is 41.4 Å². The maximum atomic E-state index is 14.4. The van der Waals surface area contributed by atoms with Crippen LogP contribution < -0.4 is 10.6 Å². The van der Waals surface area contributed by atoms with Gasteiger partial charge in [0, 0.05) is 36.1 Å². The van der Waals surface area contributed by atoms with E-state index in [0.29, 0.717) is 83.9 Å². The monoisotopic (exact) mass is 648 g/mol. The molecule has 4 aromatic rings. The number of nitrogen functional groups attached to an aromatic ring is 1. The number of aromatic nitrogens is 6. The number of aliphatic hydroxyl groups is 1. The summed E-state index contributed by atoms with van der Waals surface area (Å²) in [5.41, 5.74) is 8.34. The SMILES string of the molecule is C[C@@H]([C@@H]1C[C@@H](F)CN1C)n1nnc2c(N3CCC[C@@](C)(O)C3)nc(-c3noc4c3COC[C@@]43CCCc4sc(N)c(C#N)c43)nc21. The molecule has 13 nitrogen and oxygen atoms in total. The van der Waals surface area contributed by atoms with Crippen LogP contribution in [0.4, 0.5) is 15.2 Å². The number of piperidine rings is 1. The normalized spacial score (nSPS) is 28.8. The molecule has 5 atom stereocenters. The van der Waals surface area contributed by atoms with Gasteiger partial charge in [0.25, 0.3) is 0 Å². The van der Waals surface area contributed by atoms with E-state index in [1.165, 1.54) is 11.3 Å². The van der Waals surface area contributed by atoms with Crippen molar-refractivity contribution in [1.82, 2.24) is 35.0 Å². The molecule has 0 aromatic carbocycles. The predicted octanol–water partition coefficient (Wildman–Crippen LogP) is 3.50. The molecule has 3 aliphatic heterocycles. The first-order valence-corrected chi connectivity index (χ1v) is 16.8. The molecule has 3 N–H and O–H groups in total. The van der Waals surface area contributed by atoms with Crippen molar-refractivity contribution in [3.05, 3.63) is 27.3 Å². The molecular weight excluding hydrogens is 611 g/mol.